The predicted octanol–water partition coefficient (Wildman–Crippen LogP) is 5.75. The molecule has 31 heavy (non-hydrogen) atoms. The van der Waals surface area contributed by atoms with Gasteiger partial charge in [-0.2, -0.15) is 13.2 Å². The van der Waals surface area contributed by atoms with Gasteiger partial charge in [0, 0.05) is 23.5 Å². The molecule has 0 bridgehead atoms. The van der Waals surface area contributed by atoms with Gasteiger partial charge in [-0.25, -0.2) is 14.8 Å². The maximum atomic E-state index is 12.8. The van der Waals surface area contributed by atoms with E-state index < -0.39 is 17.8 Å². The Bertz CT molecular complexity index is 1040. The molecule has 0 saturated carbocycles. The van der Waals surface area contributed by atoms with Crippen molar-refractivity contribution in [3.8, 4) is 11.6 Å². The maximum Gasteiger partial charge on any atom is 0.416 e. The number of rotatable bonds is 6. The van der Waals surface area contributed by atoms with E-state index in [1.807, 2.05) is 13.8 Å². The number of nitrogens with one attached hydrogen (secondary N) is 3. The molecule has 1 heterocycles. The normalized spacial score (nSPS) is 11.2. The number of hydrogen-bond acceptors (Lipinski definition) is 5. The van der Waals surface area contributed by atoms with Gasteiger partial charge < -0.3 is 20.7 Å². The smallest absolute Gasteiger partial charge is 0.416 e. The van der Waals surface area contributed by atoms with E-state index in [0.717, 1.165) is 12.1 Å². The predicted molar refractivity (Wildman–Crippen MR) is 111 cm³/mol. The van der Waals surface area contributed by atoms with Gasteiger partial charge >= 0.3 is 12.2 Å². The summed E-state index contributed by atoms with van der Waals surface area (Å²) >= 11 is 0. The van der Waals surface area contributed by atoms with Crippen LogP contribution in [0.5, 0.6) is 11.6 Å². The number of anilines is 3. The molecule has 1 aromatic heterocycles. The SMILES string of the molecule is CC(C)Nc1cc(Oc2ccc(NC(=O)Nc3cccc(C(F)(F)F)c3)cc2)ncn1. The third-order valence-electron chi connectivity index (χ3n) is 3.86. The molecule has 0 saturated heterocycles. The molecule has 0 atom stereocenters. The summed E-state index contributed by atoms with van der Waals surface area (Å²) in [5.41, 5.74) is -0.383. The standard InChI is InChI=1S/C21H20F3N5O2/c1-13(2)27-18-11-19(26-12-25-18)31-17-8-6-15(7-9-17)28-20(30)29-16-5-3-4-14(10-16)21(22,23)24/h3-13H,1-2H3,(H,25,26,27)(H2,28,29,30). The Hall–Kier alpha value is -3.82. The highest BCUT2D eigenvalue weighted by Gasteiger charge is 2.30. The fourth-order valence-electron chi connectivity index (χ4n) is 2.56. The Labute approximate surface area is 176 Å². The fourth-order valence-corrected chi connectivity index (χ4v) is 2.56. The van der Waals surface area contributed by atoms with Crippen molar-refractivity contribution in [1.29, 1.82) is 0 Å². The first kappa shape index (κ1) is 21.9. The van der Waals surface area contributed by atoms with Gasteiger partial charge in [-0.3, -0.25) is 0 Å². The summed E-state index contributed by atoms with van der Waals surface area (Å²) in [5, 5.41) is 8.07. The number of urea groups is 1. The Morgan fingerprint density at radius 3 is 2.35 bits per heavy atom. The van der Waals surface area contributed by atoms with Crippen LogP contribution < -0.4 is 20.7 Å². The lowest BCUT2D eigenvalue weighted by molar-refractivity contribution is -0.137. The van der Waals surface area contributed by atoms with Gasteiger partial charge in [0.2, 0.25) is 5.88 Å². The molecule has 2 aromatic carbocycles. The summed E-state index contributed by atoms with van der Waals surface area (Å²) in [6, 6.07) is 12.0. The van der Waals surface area contributed by atoms with E-state index >= 15 is 0 Å². The van der Waals surface area contributed by atoms with Gasteiger partial charge in [0.25, 0.3) is 0 Å². The van der Waals surface area contributed by atoms with Crippen molar-refractivity contribution in [2.24, 2.45) is 0 Å². The second kappa shape index (κ2) is 9.33. The number of amides is 2. The number of nitrogens with zero attached hydrogens (tertiary/aromatic N) is 2. The van der Waals surface area contributed by atoms with Crippen LogP contribution in [-0.4, -0.2) is 22.0 Å². The number of hydrogen-bond donors (Lipinski definition) is 3. The van der Waals surface area contributed by atoms with Crippen molar-refractivity contribution >= 4 is 23.2 Å². The maximum absolute atomic E-state index is 12.8. The minimum Gasteiger partial charge on any atom is -0.439 e. The van der Waals surface area contributed by atoms with Crippen LogP contribution in [0, 0.1) is 0 Å². The van der Waals surface area contributed by atoms with Crippen LogP contribution in [0.1, 0.15) is 19.4 Å². The van der Waals surface area contributed by atoms with Crippen molar-refractivity contribution in [2.45, 2.75) is 26.1 Å². The van der Waals surface area contributed by atoms with E-state index in [1.54, 1.807) is 30.3 Å². The Morgan fingerprint density at radius 1 is 0.968 bits per heavy atom. The average Bonchev–Trinajstić information content (AvgIpc) is 2.69. The van der Waals surface area contributed by atoms with Crippen molar-refractivity contribution in [3.63, 3.8) is 0 Å². The largest absolute Gasteiger partial charge is 0.439 e. The van der Waals surface area contributed by atoms with Crippen LogP contribution in [0.3, 0.4) is 0 Å². The number of aromatic nitrogens is 2. The molecular formula is C21H20F3N5O2. The lowest BCUT2D eigenvalue weighted by Crippen LogP contribution is -2.19. The van der Waals surface area contributed by atoms with Crippen molar-refractivity contribution < 1.29 is 22.7 Å². The number of carbonyl (C=O) groups is 1. The van der Waals surface area contributed by atoms with Crippen molar-refractivity contribution in [2.75, 3.05) is 16.0 Å². The molecule has 0 unspecified atom stereocenters. The van der Waals surface area contributed by atoms with Crippen LogP contribution in [0.2, 0.25) is 0 Å². The lowest BCUT2D eigenvalue weighted by atomic mass is 10.2. The van der Waals surface area contributed by atoms with E-state index in [1.165, 1.54) is 18.5 Å². The first-order chi connectivity index (χ1) is 14.7. The van der Waals surface area contributed by atoms with Crippen LogP contribution in [0.4, 0.5) is 35.2 Å². The second-order valence-electron chi connectivity index (χ2n) is 6.82. The number of carbonyl (C=O) groups excluding carboxylic acids is 1. The van der Waals surface area contributed by atoms with E-state index in [4.69, 9.17) is 4.74 Å². The molecule has 0 aliphatic carbocycles. The Balaban J connectivity index is 1.59. The zero-order valence-electron chi connectivity index (χ0n) is 16.7. The zero-order valence-corrected chi connectivity index (χ0v) is 16.7. The average molecular weight is 431 g/mol. The molecule has 162 valence electrons. The third-order valence-corrected chi connectivity index (χ3v) is 3.86. The monoisotopic (exact) mass is 431 g/mol. The molecule has 0 aliphatic rings. The topological polar surface area (TPSA) is 88.2 Å². The molecule has 0 fully saturated rings. The molecule has 0 aliphatic heterocycles. The zero-order chi connectivity index (χ0) is 22.4. The summed E-state index contributed by atoms with van der Waals surface area (Å²) in [4.78, 5) is 20.2. The summed E-state index contributed by atoms with van der Waals surface area (Å²) < 4.78 is 44.0. The van der Waals surface area contributed by atoms with E-state index in [9.17, 15) is 18.0 Å². The molecule has 0 radical (unpaired) electrons. The Kier molecular flexibility index (Phi) is 6.58. The van der Waals surface area contributed by atoms with Gasteiger partial charge in [-0.15, -0.1) is 0 Å². The number of halogens is 3. The molecule has 3 N–H and O–H groups in total. The number of benzene rings is 2. The van der Waals surface area contributed by atoms with E-state index in [2.05, 4.69) is 25.9 Å². The van der Waals surface area contributed by atoms with Gasteiger partial charge in [-0.1, -0.05) is 6.07 Å². The number of ether oxygens (including phenoxy) is 1. The molecule has 10 heteroatoms. The van der Waals surface area contributed by atoms with Gasteiger partial charge in [0.05, 0.1) is 5.56 Å². The Morgan fingerprint density at radius 2 is 1.68 bits per heavy atom. The third kappa shape index (κ3) is 6.59. The molecule has 3 aromatic rings. The highest BCUT2D eigenvalue weighted by Crippen LogP contribution is 2.30. The van der Waals surface area contributed by atoms with Crippen LogP contribution in [-0.2, 0) is 6.18 Å². The highest BCUT2D eigenvalue weighted by atomic mass is 19.4. The highest BCUT2D eigenvalue weighted by molar-refractivity contribution is 5.99. The summed E-state index contributed by atoms with van der Waals surface area (Å²) in [5.74, 6) is 1.46. The quantitative estimate of drug-likeness (QED) is 0.462. The molecule has 0 spiro atoms. The second-order valence-corrected chi connectivity index (χ2v) is 6.82. The van der Waals surface area contributed by atoms with E-state index in [-0.39, 0.29) is 11.7 Å². The summed E-state index contributed by atoms with van der Waals surface area (Å²) in [7, 11) is 0. The first-order valence-corrected chi connectivity index (χ1v) is 9.31. The number of alkyl halides is 3. The van der Waals surface area contributed by atoms with Gasteiger partial charge in [-0.05, 0) is 56.3 Å². The molecular weight excluding hydrogens is 411 g/mol. The summed E-state index contributed by atoms with van der Waals surface area (Å²) in [6.07, 6.45) is -3.10. The lowest BCUT2D eigenvalue weighted by Gasteiger charge is -2.12. The van der Waals surface area contributed by atoms with Gasteiger partial charge in [0.15, 0.2) is 0 Å². The minimum atomic E-state index is -4.49. The molecule has 3 rings (SSSR count). The van der Waals surface area contributed by atoms with Crippen LogP contribution in [0.25, 0.3) is 0 Å². The van der Waals surface area contributed by atoms with Gasteiger partial charge in [0.1, 0.15) is 17.9 Å². The summed E-state index contributed by atoms with van der Waals surface area (Å²) in [6.45, 7) is 3.97. The van der Waals surface area contributed by atoms with Crippen molar-refractivity contribution in [1.82, 2.24) is 9.97 Å². The molecule has 7 nitrogen and oxygen atoms in total. The van der Waals surface area contributed by atoms with Crippen molar-refractivity contribution in [3.05, 3.63) is 66.5 Å². The molecule has 2 amide bonds. The van der Waals surface area contributed by atoms with E-state index in [0.29, 0.717) is 23.1 Å². The fraction of sp³-hybridized carbons (Fsp3) is 0.190. The van der Waals surface area contributed by atoms with Crippen LogP contribution >= 0.6 is 0 Å². The first-order valence-electron chi connectivity index (χ1n) is 9.31. The minimum absolute atomic E-state index is 0.0295. The van der Waals surface area contributed by atoms with Crippen LogP contribution in [0.15, 0.2) is 60.9 Å².